The lowest BCUT2D eigenvalue weighted by Crippen LogP contribution is -2.46. The van der Waals surface area contributed by atoms with Gasteiger partial charge in [-0.15, -0.1) is 0 Å². The van der Waals surface area contributed by atoms with Gasteiger partial charge in [-0.1, -0.05) is 42.5 Å². The van der Waals surface area contributed by atoms with Crippen molar-refractivity contribution in [2.45, 2.75) is 51.0 Å². The SMILES string of the molecule is COCO[C@H]1[C@@H](O)C[C@H](c2ccc(COCc3ccccc3)cc2OC)O[C@@H]1C. The maximum Gasteiger partial charge on any atom is 0.146 e. The summed E-state index contributed by atoms with van der Waals surface area (Å²) in [5.74, 6) is 0.728. The van der Waals surface area contributed by atoms with Gasteiger partial charge in [-0.3, -0.25) is 0 Å². The Morgan fingerprint density at radius 3 is 2.48 bits per heavy atom. The topological polar surface area (TPSA) is 66.4 Å². The molecule has 6 heteroatoms. The molecule has 6 nitrogen and oxygen atoms in total. The molecule has 1 aliphatic rings. The lowest BCUT2D eigenvalue weighted by atomic mass is 9.93. The number of hydrogen-bond donors (Lipinski definition) is 1. The standard InChI is InChI=1S/C23H30O6/c1-16-23(28-15-25-2)20(24)12-22(29-16)19-10-9-18(11-21(19)26-3)14-27-13-17-7-5-4-6-8-17/h4-11,16,20,22-24H,12-15H2,1-3H3/t16-,20+,22-,23-/m1/s1. The highest BCUT2D eigenvalue weighted by Gasteiger charge is 2.37. The van der Waals surface area contributed by atoms with Crippen LogP contribution in [-0.2, 0) is 32.2 Å². The number of rotatable bonds is 9. The highest BCUT2D eigenvalue weighted by molar-refractivity contribution is 5.39. The molecule has 158 valence electrons. The van der Waals surface area contributed by atoms with Crippen LogP contribution in [0.1, 0.15) is 36.1 Å². The first-order valence-electron chi connectivity index (χ1n) is 9.85. The molecule has 0 spiro atoms. The second-order valence-corrected chi connectivity index (χ2v) is 7.23. The van der Waals surface area contributed by atoms with Gasteiger partial charge >= 0.3 is 0 Å². The van der Waals surface area contributed by atoms with Gasteiger partial charge in [-0.05, 0) is 24.1 Å². The molecule has 29 heavy (non-hydrogen) atoms. The zero-order valence-electron chi connectivity index (χ0n) is 17.2. The summed E-state index contributed by atoms with van der Waals surface area (Å²) in [6, 6.07) is 16.0. The van der Waals surface area contributed by atoms with E-state index >= 15 is 0 Å². The summed E-state index contributed by atoms with van der Waals surface area (Å²) in [5.41, 5.74) is 3.07. The van der Waals surface area contributed by atoms with Crippen LogP contribution in [0.4, 0.5) is 0 Å². The van der Waals surface area contributed by atoms with Crippen molar-refractivity contribution in [1.29, 1.82) is 0 Å². The third kappa shape index (κ3) is 5.78. The van der Waals surface area contributed by atoms with Crippen molar-refractivity contribution in [1.82, 2.24) is 0 Å². The summed E-state index contributed by atoms with van der Waals surface area (Å²) in [7, 11) is 3.19. The Labute approximate surface area is 172 Å². The molecule has 1 aliphatic heterocycles. The lowest BCUT2D eigenvalue weighted by Gasteiger charge is -2.38. The van der Waals surface area contributed by atoms with Crippen molar-refractivity contribution < 1.29 is 28.8 Å². The summed E-state index contributed by atoms with van der Waals surface area (Å²) in [5, 5.41) is 10.5. The second kappa shape index (κ2) is 10.7. The first-order valence-corrected chi connectivity index (χ1v) is 9.85. The van der Waals surface area contributed by atoms with E-state index in [2.05, 4.69) is 0 Å². The average molecular weight is 402 g/mol. The van der Waals surface area contributed by atoms with E-state index in [9.17, 15) is 5.11 Å². The molecule has 3 rings (SSSR count). The van der Waals surface area contributed by atoms with Crippen molar-refractivity contribution in [3.63, 3.8) is 0 Å². The molecule has 0 bridgehead atoms. The van der Waals surface area contributed by atoms with Crippen LogP contribution in [-0.4, -0.2) is 44.4 Å². The monoisotopic (exact) mass is 402 g/mol. The van der Waals surface area contributed by atoms with Crippen molar-refractivity contribution in [2.24, 2.45) is 0 Å². The summed E-state index contributed by atoms with van der Waals surface area (Å²) < 4.78 is 28.0. The van der Waals surface area contributed by atoms with E-state index in [0.29, 0.717) is 19.6 Å². The molecule has 1 fully saturated rings. The van der Waals surface area contributed by atoms with E-state index in [1.807, 2.05) is 55.5 Å². The van der Waals surface area contributed by atoms with Gasteiger partial charge in [0.2, 0.25) is 0 Å². The van der Waals surface area contributed by atoms with E-state index in [4.69, 9.17) is 23.7 Å². The Morgan fingerprint density at radius 2 is 1.79 bits per heavy atom. The van der Waals surface area contributed by atoms with Gasteiger partial charge < -0.3 is 28.8 Å². The minimum absolute atomic E-state index is 0.126. The molecule has 0 radical (unpaired) electrons. The molecular formula is C23H30O6. The molecule has 0 amide bonds. The van der Waals surface area contributed by atoms with Gasteiger partial charge in [-0.2, -0.15) is 0 Å². The fourth-order valence-corrected chi connectivity index (χ4v) is 3.62. The third-order valence-electron chi connectivity index (χ3n) is 5.08. The summed E-state index contributed by atoms with van der Waals surface area (Å²) >= 11 is 0. The van der Waals surface area contributed by atoms with Crippen LogP contribution < -0.4 is 4.74 Å². The van der Waals surface area contributed by atoms with E-state index in [1.165, 1.54) is 0 Å². The molecular weight excluding hydrogens is 372 g/mol. The molecule has 2 aromatic rings. The van der Waals surface area contributed by atoms with Gasteiger partial charge in [0.05, 0.1) is 38.6 Å². The number of aliphatic hydroxyl groups is 1. The van der Waals surface area contributed by atoms with E-state index in [1.54, 1.807) is 14.2 Å². The number of hydrogen-bond acceptors (Lipinski definition) is 6. The summed E-state index contributed by atoms with van der Waals surface area (Å²) in [4.78, 5) is 0. The van der Waals surface area contributed by atoms with E-state index in [-0.39, 0.29) is 19.0 Å². The smallest absolute Gasteiger partial charge is 0.146 e. The van der Waals surface area contributed by atoms with Crippen molar-refractivity contribution in [2.75, 3.05) is 21.0 Å². The largest absolute Gasteiger partial charge is 0.496 e. The quantitative estimate of drug-likeness (QED) is 0.647. The Morgan fingerprint density at radius 1 is 1.03 bits per heavy atom. The minimum Gasteiger partial charge on any atom is -0.496 e. The van der Waals surface area contributed by atoms with Gasteiger partial charge in [0, 0.05) is 19.1 Å². The van der Waals surface area contributed by atoms with Crippen LogP contribution in [0.5, 0.6) is 5.75 Å². The van der Waals surface area contributed by atoms with Gasteiger partial charge in [-0.25, -0.2) is 0 Å². The van der Waals surface area contributed by atoms with Crippen LogP contribution in [0.3, 0.4) is 0 Å². The third-order valence-corrected chi connectivity index (χ3v) is 5.08. The maximum atomic E-state index is 10.5. The fraction of sp³-hybridized carbons (Fsp3) is 0.478. The Kier molecular flexibility index (Phi) is 8.03. The number of benzene rings is 2. The molecule has 1 heterocycles. The molecule has 2 aromatic carbocycles. The number of aliphatic hydroxyl groups excluding tert-OH is 1. The fourth-order valence-electron chi connectivity index (χ4n) is 3.62. The Bertz CT molecular complexity index is 738. The molecule has 0 unspecified atom stereocenters. The molecule has 0 saturated carbocycles. The van der Waals surface area contributed by atoms with E-state index < -0.39 is 12.2 Å². The van der Waals surface area contributed by atoms with Crippen molar-refractivity contribution in [3.05, 3.63) is 65.2 Å². The normalized spacial score (nSPS) is 24.4. The predicted molar refractivity (Wildman–Crippen MR) is 109 cm³/mol. The molecule has 0 aliphatic carbocycles. The van der Waals surface area contributed by atoms with Crippen LogP contribution in [0.25, 0.3) is 0 Å². The average Bonchev–Trinajstić information content (AvgIpc) is 2.73. The zero-order chi connectivity index (χ0) is 20.6. The maximum absolute atomic E-state index is 10.5. The second-order valence-electron chi connectivity index (χ2n) is 7.23. The van der Waals surface area contributed by atoms with Crippen LogP contribution >= 0.6 is 0 Å². The molecule has 1 saturated heterocycles. The highest BCUT2D eigenvalue weighted by atomic mass is 16.7. The highest BCUT2D eigenvalue weighted by Crippen LogP contribution is 2.37. The minimum atomic E-state index is -0.641. The Hall–Kier alpha value is -1.96. The first-order chi connectivity index (χ1) is 14.1. The van der Waals surface area contributed by atoms with Gasteiger partial charge in [0.15, 0.2) is 0 Å². The van der Waals surface area contributed by atoms with E-state index in [0.717, 1.165) is 22.4 Å². The molecule has 1 N–H and O–H groups in total. The number of methoxy groups -OCH3 is 2. The van der Waals surface area contributed by atoms with Crippen LogP contribution in [0.2, 0.25) is 0 Å². The van der Waals surface area contributed by atoms with Crippen molar-refractivity contribution >= 4 is 0 Å². The van der Waals surface area contributed by atoms with Gasteiger partial charge in [0.25, 0.3) is 0 Å². The van der Waals surface area contributed by atoms with Crippen LogP contribution in [0.15, 0.2) is 48.5 Å². The lowest BCUT2D eigenvalue weighted by molar-refractivity contribution is -0.208. The first kappa shape index (κ1) is 21.7. The van der Waals surface area contributed by atoms with Crippen molar-refractivity contribution in [3.8, 4) is 5.75 Å². The predicted octanol–water partition coefficient (Wildman–Crippen LogP) is 3.61. The summed E-state index contributed by atoms with van der Waals surface area (Å²) in [6.07, 6.45) is -1.16. The molecule has 4 atom stereocenters. The summed E-state index contributed by atoms with van der Waals surface area (Å²) in [6.45, 7) is 3.07. The van der Waals surface area contributed by atoms with Gasteiger partial charge in [0.1, 0.15) is 18.6 Å². The molecule has 0 aromatic heterocycles. The Balaban J connectivity index is 1.63. The van der Waals surface area contributed by atoms with Crippen LogP contribution in [0, 0.1) is 0 Å². The zero-order valence-corrected chi connectivity index (χ0v) is 17.2. The number of ether oxygens (including phenoxy) is 5.